The smallest absolute Gasteiger partial charge is 0.257 e. The van der Waals surface area contributed by atoms with E-state index in [9.17, 15) is 4.79 Å². The average molecular weight is 375 g/mol. The van der Waals surface area contributed by atoms with Crippen LogP contribution >= 0.6 is 0 Å². The number of amides is 1. The van der Waals surface area contributed by atoms with Crippen LogP contribution in [0.15, 0.2) is 60.8 Å². The summed E-state index contributed by atoms with van der Waals surface area (Å²) in [5.41, 5.74) is 4.50. The summed E-state index contributed by atoms with van der Waals surface area (Å²) >= 11 is 0. The van der Waals surface area contributed by atoms with Gasteiger partial charge in [0, 0.05) is 24.8 Å². The summed E-state index contributed by atoms with van der Waals surface area (Å²) < 4.78 is 7.39. The van der Waals surface area contributed by atoms with Gasteiger partial charge >= 0.3 is 0 Å². The largest absolute Gasteiger partial charge is 0.375 e. The molecule has 1 aromatic heterocycles. The van der Waals surface area contributed by atoms with E-state index in [1.807, 2.05) is 48.4 Å². The predicted molar refractivity (Wildman–Crippen MR) is 110 cm³/mol. The van der Waals surface area contributed by atoms with Gasteiger partial charge in [-0.15, -0.1) is 0 Å². The van der Waals surface area contributed by atoms with Crippen LogP contribution in [-0.2, 0) is 11.2 Å². The fraction of sp³-hybridized carbons (Fsp3) is 0.304. The summed E-state index contributed by atoms with van der Waals surface area (Å²) in [5.74, 6) is 0.00639. The van der Waals surface area contributed by atoms with Crippen LogP contribution < -0.4 is 0 Å². The van der Waals surface area contributed by atoms with Crippen molar-refractivity contribution in [2.75, 3.05) is 19.7 Å². The van der Waals surface area contributed by atoms with Crippen LogP contribution in [0.1, 0.15) is 29.8 Å². The summed E-state index contributed by atoms with van der Waals surface area (Å²) in [4.78, 5) is 15.2. The van der Waals surface area contributed by atoms with Gasteiger partial charge in [0.25, 0.3) is 5.91 Å². The van der Waals surface area contributed by atoms with Gasteiger partial charge in [0.15, 0.2) is 0 Å². The van der Waals surface area contributed by atoms with Crippen LogP contribution in [0.25, 0.3) is 16.9 Å². The Balaban J connectivity index is 1.76. The Labute approximate surface area is 165 Å². The van der Waals surface area contributed by atoms with E-state index in [1.54, 1.807) is 4.68 Å². The first kappa shape index (κ1) is 18.4. The van der Waals surface area contributed by atoms with Crippen LogP contribution in [0.4, 0.5) is 0 Å². The molecule has 28 heavy (non-hydrogen) atoms. The maximum Gasteiger partial charge on any atom is 0.257 e. The average Bonchev–Trinajstić information content (AvgIpc) is 3.19. The lowest BCUT2D eigenvalue weighted by Crippen LogP contribution is -2.44. The minimum Gasteiger partial charge on any atom is -0.375 e. The van der Waals surface area contributed by atoms with Crippen LogP contribution in [0.2, 0.25) is 0 Å². The molecule has 0 N–H and O–H groups in total. The van der Waals surface area contributed by atoms with Gasteiger partial charge in [-0.3, -0.25) is 4.79 Å². The van der Waals surface area contributed by atoms with Crippen molar-refractivity contribution in [1.82, 2.24) is 14.7 Å². The first-order valence-corrected chi connectivity index (χ1v) is 9.81. The molecule has 1 aliphatic heterocycles. The molecular formula is C23H25N3O2. The number of carbonyl (C=O) groups is 1. The van der Waals surface area contributed by atoms with Crippen LogP contribution in [0.3, 0.4) is 0 Å². The zero-order valence-electron chi connectivity index (χ0n) is 16.3. The lowest BCUT2D eigenvalue weighted by atomic mass is 10.0. The first-order chi connectivity index (χ1) is 13.7. The number of hydrogen-bond acceptors (Lipinski definition) is 3. The Morgan fingerprint density at radius 1 is 1.14 bits per heavy atom. The maximum atomic E-state index is 13.3. The van der Waals surface area contributed by atoms with Crippen molar-refractivity contribution in [3.8, 4) is 16.9 Å². The lowest BCUT2D eigenvalue weighted by Gasteiger charge is -2.31. The van der Waals surface area contributed by atoms with E-state index in [-0.39, 0.29) is 12.0 Å². The molecule has 4 rings (SSSR count). The van der Waals surface area contributed by atoms with E-state index in [4.69, 9.17) is 9.84 Å². The van der Waals surface area contributed by atoms with E-state index in [0.29, 0.717) is 25.3 Å². The number of nitrogens with zero attached hydrogens (tertiary/aromatic N) is 3. The topological polar surface area (TPSA) is 47.4 Å². The van der Waals surface area contributed by atoms with Gasteiger partial charge in [-0.2, -0.15) is 5.10 Å². The molecule has 1 aliphatic rings. The van der Waals surface area contributed by atoms with Crippen molar-refractivity contribution in [1.29, 1.82) is 0 Å². The number of ether oxygens (including phenoxy) is 1. The molecule has 1 atom stereocenters. The van der Waals surface area contributed by atoms with Gasteiger partial charge < -0.3 is 9.64 Å². The summed E-state index contributed by atoms with van der Waals surface area (Å²) in [7, 11) is 0. The number of carbonyl (C=O) groups excluding carboxylic acids is 1. The van der Waals surface area contributed by atoms with Crippen molar-refractivity contribution in [2.45, 2.75) is 26.4 Å². The van der Waals surface area contributed by atoms with Gasteiger partial charge in [-0.25, -0.2) is 4.68 Å². The van der Waals surface area contributed by atoms with Gasteiger partial charge in [0.05, 0.1) is 24.0 Å². The molecule has 0 aliphatic carbocycles. The number of benzene rings is 2. The molecule has 5 nitrogen and oxygen atoms in total. The molecule has 1 saturated heterocycles. The minimum absolute atomic E-state index is 0.00639. The normalized spacial score (nSPS) is 16.9. The molecule has 2 aromatic carbocycles. The number of morpholine rings is 1. The summed E-state index contributed by atoms with van der Waals surface area (Å²) in [5, 5.41) is 4.78. The van der Waals surface area contributed by atoms with Crippen molar-refractivity contribution < 1.29 is 9.53 Å². The standard InChI is InChI=1S/C23H25N3O2/c1-3-18-9-11-19(12-10-18)22-21(23(27)25-13-14-28-17(2)15-25)16-26(24-22)20-7-5-4-6-8-20/h4-12,16-17H,3,13-15H2,1-2H3. The second-order valence-electron chi connectivity index (χ2n) is 7.15. The maximum absolute atomic E-state index is 13.3. The number of hydrogen-bond donors (Lipinski definition) is 0. The Bertz CT molecular complexity index is 948. The van der Waals surface area contributed by atoms with E-state index < -0.39 is 0 Å². The fourth-order valence-electron chi connectivity index (χ4n) is 3.53. The summed E-state index contributed by atoms with van der Waals surface area (Å²) in [6, 6.07) is 18.2. The third-order valence-electron chi connectivity index (χ3n) is 5.13. The van der Waals surface area contributed by atoms with Crippen molar-refractivity contribution in [3.05, 3.63) is 71.9 Å². The third-order valence-corrected chi connectivity index (χ3v) is 5.13. The van der Waals surface area contributed by atoms with Gasteiger partial charge in [0.2, 0.25) is 0 Å². The van der Waals surface area contributed by atoms with Crippen molar-refractivity contribution in [3.63, 3.8) is 0 Å². The highest BCUT2D eigenvalue weighted by Gasteiger charge is 2.27. The minimum atomic E-state index is 0.00639. The van der Waals surface area contributed by atoms with Crippen LogP contribution in [0, 0.1) is 0 Å². The van der Waals surface area contributed by atoms with Crippen molar-refractivity contribution >= 4 is 5.91 Å². The van der Waals surface area contributed by atoms with E-state index in [1.165, 1.54) is 5.56 Å². The Morgan fingerprint density at radius 3 is 2.57 bits per heavy atom. The lowest BCUT2D eigenvalue weighted by molar-refractivity contribution is -0.0123. The monoisotopic (exact) mass is 375 g/mol. The number of aromatic nitrogens is 2. The highest BCUT2D eigenvalue weighted by atomic mass is 16.5. The number of aryl methyl sites for hydroxylation is 1. The molecule has 0 saturated carbocycles. The predicted octanol–water partition coefficient (Wildman–Crippen LogP) is 3.96. The van der Waals surface area contributed by atoms with Crippen LogP contribution in [-0.4, -0.2) is 46.4 Å². The molecule has 144 valence electrons. The molecule has 1 amide bonds. The number of rotatable bonds is 4. The number of para-hydroxylation sites is 1. The molecule has 1 fully saturated rings. The first-order valence-electron chi connectivity index (χ1n) is 9.81. The van der Waals surface area contributed by atoms with E-state index in [0.717, 1.165) is 23.4 Å². The zero-order valence-corrected chi connectivity index (χ0v) is 16.3. The zero-order chi connectivity index (χ0) is 19.5. The van der Waals surface area contributed by atoms with Gasteiger partial charge in [0.1, 0.15) is 5.69 Å². The SMILES string of the molecule is CCc1ccc(-c2nn(-c3ccccc3)cc2C(=O)N2CCOC(C)C2)cc1. The molecule has 0 bridgehead atoms. The third kappa shape index (κ3) is 3.71. The van der Waals surface area contributed by atoms with Gasteiger partial charge in [-0.1, -0.05) is 49.4 Å². The van der Waals surface area contributed by atoms with Crippen LogP contribution in [0.5, 0.6) is 0 Å². The summed E-state index contributed by atoms with van der Waals surface area (Å²) in [6.07, 6.45) is 2.88. The molecule has 3 aromatic rings. The highest BCUT2D eigenvalue weighted by Crippen LogP contribution is 2.26. The molecule has 1 unspecified atom stereocenters. The second-order valence-corrected chi connectivity index (χ2v) is 7.15. The van der Waals surface area contributed by atoms with E-state index in [2.05, 4.69) is 31.2 Å². The van der Waals surface area contributed by atoms with Gasteiger partial charge in [-0.05, 0) is 31.0 Å². The summed E-state index contributed by atoms with van der Waals surface area (Å²) in [6.45, 7) is 5.91. The molecule has 0 spiro atoms. The highest BCUT2D eigenvalue weighted by molar-refractivity contribution is 6.00. The van der Waals surface area contributed by atoms with Crippen molar-refractivity contribution in [2.24, 2.45) is 0 Å². The Hall–Kier alpha value is -2.92. The molecule has 2 heterocycles. The Morgan fingerprint density at radius 2 is 1.89 bits per heavy atom. The quantitative estimate of drug-likeness (QED) is 0.693. The van der Waals surface area contributed by atoms with E-state index >= 15 is 0 Å². The molecule has 5 heteroatoms. The molecular weight excluding hydrogens is 350 g/mol. The Kier molecular flexibility index (Phi) is 5.26. The fourth-order valence-corrected chi connectivity index (χ4v) is 3.53. The molecule has 0 radical (unpaired) electrons. The second kappa shape index (κ2) is 7.98.